The largest absolute Gasteiger partial charge is 0.508 e. The van der Waals surface area contributed by atoms with Crippen molar-refractivity contribution in [3.05, 3.63) is 71.1 Å². The number of amides is 2. The van der Waals surface area contributed by atoms with Gasteiger partial charge in [-0.2, -0.15) is 0 Å². The molecule has 1 aliphatic carbocycles. The monoisotopic (exact) mass is 578 g/mol. The van der Waals surface area contributed by atoms with E-state index in [1.54, 1.807) is 30.5 Å². The number of likely N-dealkylation sites (tertiary alicyclic amines) is 1. The Morgan fingerprint density at radius 3 is 2.52 bits per heavy atom. The number of carbonyl (C=O) groups is 3. The summed E-state index contributed by atoms with van der Waals surface area (Å²) in [5, 5.41) is 50.8. The number of imide groups is 1. The number of hydrogen-bond donors (Lipinski definition) is 5. The van der Waals surface area contributed by atoms with Crippen molar-refractivity contribution >= 4 is 29.4 Å². The average molecular weight is 579 g/mol. The third-order valence-electron chi connectivity index (χ3n) is 8.19. The zero-order valence-corrected chi connectivity index (χ0v) is 23.4. The summed E-state index contributed by atoms with van der Waals surface area (Å²) in [7, 11) is 0. The van der Waals surface area contributed by atoms with Crippen molar-refractivity contribution in [3.63, 3.8) is 0 Å². The molecule has 0 saturated carbocycles. The van der Waals surface area contributed by atoms with E-state index >= 15 is 0 Å². The summed E-state index contributed by atoms with van der Waals surface area (Å²) in [6, 6.07) is 12.3. The Kier molecular flexibility index (Phi) is 10.6. The second-order valence-corrected chi connectivity index (χ2v) is 10.9. The molecule has 1 saturated heterocycles. The Morgan fingerprint density at radius 1 is 1.05 bits per heavy atom. The van der Waals surface area contributed by atoms with E-state index in [-0.39, 0.29) is 37.5 Å². The van der Waals surface area contributed by atoms with E-state index < -0.39 is 48.9 Å². The summed E-state index contributed by atoms with van der Waals surface area (Å²) in [6.07, 6.45) is 4.67. The van der Waals surface area contributed by atoms with Crippen molar-refractivity contribution in [2.45, 2.75) is 51.0 Å². The van der Waals surface area contributed by atoms with E-state index in [9.17, 15) is 34.8 Å². The van der Waals surface area contributed by atoms with Gasteiger partial charge in [-0.15, -0.1) is 0 Å². The summed E-state index contributed by atoms with van der Waals surface area (Å²) < 4.78 is 0. The second-order valence-electron chi connectivity index (χ2n) is 10.9. The lowest BCUT2D eigenvalue weighted by molar-refractivity contribution is -0.141. The van der Waals surface area contributed by atoms with Crippen LogP contribution in [0.2, 0.25) is 0 Å². The number of fused-ring (bicyclic) bond motifs is 1. The molecule has 224 valence electrons. The van der Waals surface area contributed by atoms with Crippen LogP contribution in [0.4, 0.5) is 0 Å². The number of aliphatic hydroxyl groups is 3. The minimum absolute atomic E-state index is 0.0236. The molecule has 0 radical (unpaired) electrons. The van der Waals surface area contributed by atoms with E-state index in [0.717, 1.165) is 11.1 Å². The van der Waals surface area contributed by atoms with Gasteiger partial charge in [0.2, 0.25) is 11.8 Å². The second kappa shape index (κ2) is 14.4. The molecule has 2 aliphatic rings. The molecule has 1 aliphatic heterocycles. The number of allylic oxidation sites excluding steroid dienone is 1. The van der Waals surface area contributed by atoms with E-state index in [4.69, 9.17) is 5.11 Å². The number of unbranched alkanes of at least 4 members (excludes halogenated alkanes) is 2. The molecule has 10 nitrogen and oxygen atoms in total. The van der Waals surface area contributed by atoms with Crippen molar-refractivity contribution in [2.24, 2.45) is 17.8 Å². The first kappa shape index (κ1) is 31.1. The molecule has 1 aromatic heterocycles. The minimum atomic E-state index is -1.09. The van der Waals surface area contributed by atoms with Crippen LogP contribution < -0.4 is 0 Å². The number of nitrogens with zero attached hydrogens (tertiary/aromatic N) is 2. The number of aliphatic hydroxyl groups excluding tert-OH is 3. The van der Waals surface area contributed by atoms with Gasteiger partial charge in [-0.25, -0.2) is 0 Å². The van der Waals surface area contributed by atoms with Gasteiger partial charge in [0.05, 0.1) is 36.8 Å². The predicted octanol–water partition coefficient (Wildman–Crippen LogP) is 3.02. The van der Waals surface area contributed by atoms with Crippen LogP contribution >= 0.6 is 0 Å². The molecule has 2 amide bonds. The summed E-state index contributed by atoms with van der Waals surface area (Å²) >= 11 is 0. The van der Waals surface area contributed by atoms with Crippen LogP contribution in [0.15, 0.2) is 59.8 Å². The van der Waals surface area contributed by atoms with Crippen LogP contribution in [0.1, 0.15) is 56.2 Å². The van der Waals surface area contributed by atoms with Crippen LogP contribution in [0, 0.1) is 17.8 Å². The number of benzene rings is 1. The quantitative estimate of drug-likeness (QED) is 0.129. The molecular formula is C32H38N2O8. The maximum Gasteiger partial charge on any atom is 0.303 e. The fourth-order valence-electron chi connectivity index (χ4n) is 6.20. The maximum absolute atomic E-state index is 13.4. The van der Waals surface area contributed by atoms with Gasteiger partial charge in [-0.05, 0) is 84.7 Å². The number of carboxylic acid groups (broad SMARTS) is 1. The molecule has 0 spiro atoms. The third-order valence-corrected chi connectivity index (χ3v) is 8.19. The predicted molar refractivity (Wildman–Crippen MR) is 155 cm³/mol. The number of hydrogen-bond acceptors (Lipinski definition) is 8. The Balaban J connectivity index is 1.52. The van der Waals surface area contributed by atoms with Crippen molar-refractivity contribution in [1.29, 1.82) is 0 Å². The fourth-order valence-corrected chi connectivity index (χ4v) is 6.20. The molecule has 4 rings (SSSR count). The van der Waals surface area contributed by atoms with E-state index in [1.165, 1.54) is 4.90 Å². The summed E-state index contributed by atoms with van der Waals surface area (Å²) in [6.45, 7) is -0.703. The smallest absolute Gasteiger partial charge is 0.303 e. The summed E-state index contributed by atoms with van der Waals surface area (Å²) in [4.78, 5) is 43.0. The molecule has 0 unspecified atom stereocenters. The first-order valence-corrected chi connectivity index (χ1v) is 14.3. The highest BCUT2D eigenvalue weighted by molar-refractivity contribution is 6.05. The number of carbonyl (C=O) groups excluding carboxylic acids is 2. The fraction of sp³-hybridized carbons (Fsp3) is 0.438. The lowest BCUT2D eigenvalue weighted by atomic mass is 9.68. The molecule has 5 N–H and O–H groups in total. The molecule has 2 heterocycles. The zero-order chi connectivity index (χ0) is 30.2. The first-order chi connectivity index (χ1) is 20.2. The lowest BCUT2D eigenvalue weighted by Crippen LogP contribution is -2.39. The molecular weight excluding hydrogens is 540 g/mol. The maximum atomic E-state index is 13.4. The van der Waals surface area contributed by atoms with Gasteiger partial charge in [0.1, 0.15) is 5.75 Å². The molecule has 10 heteroatoms. The number of carboxylic acids is 1. The van der Waals surface area contributed by atoms with Crippen molar-refractivity contribution < 1.29 is 39.9 Å². The van der Waals surface area contributed by atoms with Crippen molar-refractivity contribution in [2.75, 3.05) is 19.8 Å². The Hall–Kier alpha value is -3.86. The third kappa shape index (κ3) is 7.13. The standard InChI is InChI=1S/C32H38N2O8/c35-18-22-17-24-30(32(42)34(31(24)41)14-5-1-2-10-28(39)40)25(19-36)29(22)27(38)12-11-21(26-9-3-4-13-33-26)15-20-7-6-8-23(37)16-20/h3-4,6-9,13,15-16,24-25,27,30,35-38H,1-2,5,10-12,14,17-19H2,(H,39,40)/b21-15-/t24-,25+,27-,30-/m1/s1. The molecule has 4 atom stereocenters. The zero-order valence-electron chi connectivity index (χ0n) is 23.4. The highest BCUT2D eigenvalue weighted by atomic mass is 16.4. The number of pyridine rings is 1. The van der Waals surface area contributed by atoms with Crippen LogP contribution in [0.25, 0.3) is 11.6 Å². The van der Waals surface area contributed by atoms with Gasteiger partial charge >= 0.3 is 5.97 Å². The van der Waals surface area contributed by atoms with Gasteiger partial charge < -0.3 is 25.5 Å². The van der Waals surface area contributed by atoms with Crippen molar-refractivity contribution in [1.82, 2.24) is 9.88 Å². The number of phenolic OH excluding ortho intramolecular Hbond substituents is 1. The van der Waals surface area contributed by atoms with Crippen LogP contribution in [0.3, 0.4) is 0 Å². The number of phenols is 1. The number of aliphatic carboxylic acids is 1. The van der Waals surface area contributed by atoms with E-state index in [0.29, 0.717) is 42.5 Å². The Bertz CT molecular complexity index is 1340. The minimum Gasteiger partial charge on any atom is -0.508 e. The van der Waals surface area contributed by atoms with Crippen LogP contribution in [-0.2, 0) is 14.4 Å². The van der Waals surface area contributed by atoms with Gasteiger partial charge in [0, 0.05) is 25.1 Å². The Labute approximate surface area is 244 Å². The molecule has 1 aromatic carbocycles. The lowest BCUT2D eigenvalue weighted by Gasteiger charge is -2.36. The van der Waals surface area contributed by atoms with Crippen LogP contribution in [-0.4, -0.2) is 79.1 Å². The summed E-state index contributed by atoms with van der Waals surface area (Å²) in [5.74, 6) is -3.90. The molecule has 2 aromatic rings. The topological polar surface area (TPSA) is 168 Å². The number of aromatic nitrogens is 1. The Morgan fingerprint density at radius 2 is 1.86 bits per heavy atom. The number of rotatable bonds is 14. The summed E-state index contributed by atoms with van der Waals surface area (Å²) in [5.41, 5.74) is 3.13. The van der Waals surface area contributed by atoms with Gasteiger partial charge in [-0.3, -0.25) is 24.3 Å². The molecule has 1 fully saturated rings. The van der Waals surface area contributed by atoms with Gasteiger partial charge in [0.25, 0.3) is 0 Å². The highest BCUT2D eigenvalue weighted by Crippen LogP contribution is 2.46. The van der Waals surface area contributed by atoms with Crippen molar-refractivity contribution in [3.8, 4) is 5.75 Å². The van der Waals surface area contributed by atoms with E-state index in [1.807, 2.05) is 24.3 Å². The van der Waals surface area contributed by atoms with Gasteiger partial charge in [0.15, 0.2) is 0 Å². The van der Waals surface area contributed by atoms with Crippen LogP contribution in [0.5, 0.6) is 5.75 Å². The normalized spacial score (nSPS) is 21.5. The van der Waals surface area contributed by atoms with Gasteiger partial charge in [-0.1, -0.05) is 24.6 Å². The first-order valence-electron chi connectivity index (χ1n) is 14.3. The molecule has 42 heavy (non-hydrogen) atoms. The van der Waals surface area contributed by atoms with E-state index in [2.05, 4.69) is 4.98 Å². The molecule has 0 bridgehead atoms. The highest BCUT2D eigenvalue weighted by Gasteiger charge is 2.54. The number of aromatic hydroxyl groups is 1. The SMILES string of the molecule is O=C(O)CCCCCN1C(=O)[C@@H]2[C@@H](CC(CO)=C([C@H](O)CC/C(=C/c3cccc(O)c3)c3ccccn3)[C@@H]2CO)C1=O. The average Bonchev–Trinajstić information content (AvgIpc) is 3.22.